The number of hydrogen-bond donors (Lipinski definition) is 1. The molecule has 1 aromatic rings. The summed E-state index contributed by atoms with van der Waals surface area (Å²) in [6.07, 6.45) is 1.43. The van der Waals surface area contributed by atoms with Gasteiger partial charge in [-0.05, 0) is 26.8 Å². The fourth-order valence-electron chi connectivity index (χ4n) is 1.79. The molecule has 0 bridgehead atoms. The molecule has 0 spiro atoms. The molecule has 1 aliphatic rings. The van der Waals surface area contributed by atoms with Crippen LogP contribution in [-0.2, 0) is 0 Å². The zero-order valence-electron chi connectivity index (χ0n) is 8.71. The van der Waals surface area contributed by atoms with Crippen molar-refractivity contribution in [3.8, 4) is 5.75 Å². The molecule has 0 saturated carbocycles. The summed E-state index contributed by atoms with van der Waals surface area (Å²) in [4.78, 5) is 4.31. The average molecular weight is 192 g/mol. The first kappa shape index (κ1) is 9.46. The zero-order valence-corrected chi connectivity index (χ0v) is 8.71. The van der Waals surface area contributed by atoms with Crippen LogP contribution in [0.2, 0.25) is 0 Å². The first-order valence-electron chi connectivity index (χ1n) is 5.07. The van der Waals surface area contributed by atoms with Crippen molar-refractivity contribution in [3.05, 3.63) is 23.5 Å². The summed E-state index contributed by atoms with van der Waals surface area (Å²) in [7, 11) is 0. The Kier molecular flexibility index (Phi) is 2.68. The van der Waals surface area contributed by atoms with E-state index >= 15 is 0 Å². The molecule has 0 aromatic carbocycles. The Labute approximate surface area is 84.5 Å². The van der Waals surface area contributed by atoms with Gasteiger partial charge in [0.05, 0.1) is 0 Å². The second-order valence-electron chi connectivity index (χ2n) is 3.82. The van der Waals surface area contributed by atoms with Crippen molar-refractivity contribution in [1.82, 2.24) is 10.3 Å². The van der Waals surface area contributed by atoms with Crippen LogP contribution >= 0.6 is 0 Å². The van der Waals surface area contributed by atoms with Crippen molar-refractivity contribution in [2.75, 3.05) is 13.1 Å². The van der Waals surface area contributed by atoms with Gasteiger partial charge in [0.2, 0.25) is 0 Å². The third-order valence-electron chi connectivity index (χ3n) is 2.37. The van der Waals surface area contributed by atoms with Crippen LogP contribution in [0.4, 0.5) is 0 Å². The molecule has 0 amide bonds. The number of nitrogens with one attached hydrogen (secondary N) is 1. The SMILES string of the molecule is Cc1cc(O[C@@H]2CCNC2)cc(C)n1. The Bertz CT molecular complexity index is 299. The van der Waals surface area contributed by atoms with Gasteiger partial charge < -0.3 is 10.1 Å². The van der Waals surface area contributed by atoms with E-state index in [1.165, 1.54) is 0 Å². The Morgan fingerprint density at radius 3 is 2.64 bits per heavy atom. The van der Waals surface area contributed by atoms with Gasteiger partial charge in [0.1, 0.15) is 11.9 Å². The van der Waals surface area contributed by atoms with E-state index in [0.717, 1.165) is 36.6 Å². The summed E-state index contributed by atoms with van der Waals surface area (Å²) in [5.41, 5.74) is 2.04. The number of pyridine rings is 1. The van der Waals surface area contributed by atoms with Gasteiger partial charge in [-0.15, -0.1) is 0 Å². The van der Waals surface area contributed by atoms with Gasteiger partial charge >= 0.3 is 0 Å². The first-order chi connectivity index (χ1) is 6.74. The zero-order chi connectivity index (χ0) is 9.97. The highest BCUT2D eigenvalue weighted by molar-refractivity contribution is 5.26. The number of ether oxygens (including phenoxy) is 1. The highest BCUT2D eigenvalue weighted by Gasteiger charge is 2.15. The highest BCUT2D eigenvalue weighted by Crippen LogP contribution is 2.17. The van der Waals surface area contributed by atoms with E-state index in [9.17, 15) is 0 Å². The lowest BCUT2D eigenvalue weighted by molar-refractivity contribution is 0.222. The molecule has 1 saturated heterocycles. The third kappa shape index (κ3) is 2.23. The summed E-state index contributed by atoms with van der Waals surface area (Å²) >= 11 is 0. The molecule has 1 N–H and O–H groups in total. The fourth-order valence-corrected chi connectivity index (χ4v) is 1.79. The van der Waals surface area contributed by atoms with Gasteiger partial charge in [-0.2, -0.15) is 0 Å². The predicted octanol–water partition coefficient (Wildman–Crippen LogP) is 1.44. The number of nitrogens with zero attached hydrogens (tertiary/aromatic N) is 1. The lowest BCUT2D eigenvalue weighted by Gasteiger charge is -2.13. The molecule has 0 radical (unpaired) electrons. The second kappa shape index (κ2) is 3.96. The highest BCUT2D eigenvalue weighted by atomic mass is 16.5. The number of aryl methyl sites for hydroxylation is 2. The molecule has 1 aromatic heterocycles. The van der Waals surface area contributed by atoms with Gasteiger partial charge in [-0.25, -0.2) is 0 Å². The van der Waals surface area contributed by atoms with Crippen molar-refractivity contribution < 1.29 is 4.74 Å². The van der Waals surface area contributed by atoms with Crippen LogP contribution in [0, 0.1) is 13.8 Å². The van der Waals surface area contributed by atoms with Gasteiger partial charge in [-0.3, -0.25) is 4.98 Å². The molecule has 1 fully saturated rings. The lowest BCUT2D eigenvalue weighted by Crippen LogP contribution is -2.19. The molecule has 0 unspecified atom stereocenters. The van der Waals surface area contributed by atoms with E-state index in [-0.39, 0.29) is 0 Å². The van der Waals surface area contributed by atoms with Crippen LogP contribution in [-0.4, -0.2) is 24.2 Å². The van der Waals surface area contributed by atoms with E-state index in [1.54, 1.807) is 0 Å². The van der Waals surface area contributed by atoms with Gasteiger partial charge in [-0.1, -0.05) is 0 Å². The summed E-state index contributed by atoms with van der Waals surface area (Å²) < 4.78 is 5.83. The molecule has 3 heteroatoms. The topological polar surface area (TPSA) is 34.1 Å². The van der Waals surface area contributed by atoms with Crippen molar-refractivity contribution in [1.29, 1.82) is 0 Å². The maximum atomic E-state index is 5.83. The minimum Gasteiger partial charge on any atom is -0.489 e. The van der Waals surface area contributed by atoms with Crippen LogP contribution in [0.3, 0.4) is 0 Å². The number of rotatable bonds is 2. The van der Waals surface area contributed by atoms with E-state index in [2.05, 4.69) is 10.3 Å². The Balaban J connectivity index is 2.07. The molecular formula is C11H16N2O. The van der Waals surface area contributed by atoms with Gasteiger partial charge in [0, 0.05) is 30.1 Å². The van der Waals surface area contributed by atoms with E-state index in [0.29, 0.717) is 6.10 Å². The van der Waals surface area contributed by atoms with E-state index < -0.39 is 0 Å². The van der Waals surface area contributed by atoms with E-state index in [4.69, 9.17) is 4.74 Å². The quantitative estimate of drug-likeness (QED) is 0.770. The lowest BCUT2D eigenvalue weighted by atomic mass is 10.3. The second-order valence-corrected chi connectivity index (χ2v) is 3.82. The minimum atomic E-state index is 0.330. The smallest absolute Gasteiger partial charge is 0.123 e. The van der Waals surface area contributed by atoms with Crippen molar-refractivity contribution in [3.63, 3.8) is 0 Å². The largest absolute Gasteiger partial charge is 0.489 e. The Morgan fingerprint density at radius 1 is 1.36 bits per heavy atom. The molecule has 14 heavy (non-hydrogen) atoms. The van der Waals surface area contributed by atoms with Crippen LogP contribution < -0.4 is 10.1 Å². The molecule has 2 rings (SSSR count). The maximum Gasteiger partial charge on any atom is 0.123 e. The van der Waals surface area contributed by atoms with Gasteiger partial charge in [0.25, 0.3) is 0 Å². The van der Waals surface area contributed by atoms with Crippen molar-refractivity contribution in [2.45, 2.75) is 26.4 Å². The Morgan fingerprint density at radius 2 is 2.07 bits per heavy atom. The summed E-state index contributed by atoms with van der Waals surface area (Å²) in [6, 6.07) is 3.98. The molecule has 0 aliphatic carbocycles. The number of hydrogen-bond acceptors (Lipinski definition) is 3. The maximum absolute atomic E-state index is 5.83. The molecule has 3 nitrogen and oxygen atoms in total. The molecule has 2 heterocycles. The molecule has 1 aliphatic heterocycles. The average Bonchev–Trinajstić information content (AvgIpc) is 2.54. The molecular weight excluding hydrogens is 176 g/mol. The van der Waals surface area contributed by atoms with Crippen molar-refractivity contribution >= 4 is 0 Å². The number of aromatic nitrogens is 1. The van der Waals surface area contributed by atoms with Crippen LogP contribution in [0.5, 0.6) is 5.75 Å². The van der Waals surface area contributed by atoms with Crippen LogP contribution in [0.15, 0.2) is 12.1 Å². The van der Waals surface area contributed by atoms with E-state index in [1.807, 2.05) is 26.0 Å². The van der Waals surface area contributed by atoms with Crippen LogP contribution in [0.25, 0.3) is 0 Å². The standard InChI is InChI=1S/C11H16N2O/c1-8-5-11(6-9(2)13-8)14-10-3-4-12-7-10/h5-6,10,12H,3-4,7H2,1-2H3/t10-/m1/s1. The summed E-state index contributed by atoms with van der Waals surface area (Å²) in [5.74, 6) is 0.948. The van der Waals surface area contributed by atoms with Gasteiger partial charge in [0.15, 0.2) is 0 Å². The fraction of sp³-hybridized carbons (Fsp3) is 0.545. The molecule has 1 atom stereocenters. The molecule has 76 valence electrons. The first-order valence-corrected chi connectivity index (χ1v) is 5.07. The monoisotopic (exact) mass is 192 g/mol. The Hall–Kier alpha value is -1.09. The normalized spacial score (nSPS) is 21.1. The van der Waals surface area contributed by atoms with Crippen molar-refractivity contribution in [2.24, 2.45) is 0 Å². The minimum absolute atomic E-state index is 0.330. The summed E-state index contributed by atoms with van der Waals surface area (Å²) in [5, 5.41) is 3.28. The third-order valence-corrected chi connectivity index (χ3v) is 2.37. The van der Waals surface area contributed by atoms with Crippen LogP contribution in [0.1, 0.15) is 17.8 Å². The summed E-state index contributed by atoms with van der Waals surface area (Å²) in [6.45, 7) is 6.01. The predicted molar refractivity (Wildman–Crippen MR) is 55.6 cm³/mol.